The highest BCUT2D eigenvalue weighted by molar-refractivity contribution is 5.68. The number of aliphatic hydroxyl groups is 1. The van der Waals surface area contributed by atoms with E-state index in [1.165, 1.54) is 5.01 Å². The summed E-state index contributed by atoms with van der Waals surface area (Å²) in [5, 5.41) is 16.6. The summed E-state index contributed by atoms with van der Waals surface area (Å²) < 4.78 is 5.03. The van der Waals surface area contributed by atoms with Crippen molar-refractivity contribution < 1.29 is 9.84 Å². The van der Waals surface area contributed by atoms with Gasteiger partial charge in [-0.25, -0.2) is 9.99 Å². The minimum absolute atomic E-state index is 0.371. The van der Waals surface area contributed by atoms with Crippen molar-refractivity contribution in [3.8, 4) is 5.88 Å². The molecule has 1 unspecified atom stereocenters. The maximum atomic E-state index is 10.9. The lowest BCUT2D eigenvalue weighted by molar-refractivity contribution is 0.0452. The highest BCUT2D eigenvalue weighted by Gasteiger charge is 2.41. The molecule has 0 saturated carbocycles. The smallest absolute Gasteiger partial charge is 0.213 e. The van der Waals surface area contributed by atoms with E-state index in [9.17, 15) is 5.11 Å². The number of hydrazone groups is 1. The number of aromatic nitrogens is 2. The molecule has 0 saturated heterocycles. The van der Waals surface area contributed by atoms with Crippen molar-refractivity contribution in [1.29, 1.82) is 0 Å². The van der Waals surface area contributed by atoms with Crippen molar-refractivity contribution in [2.45, 2.75) is 12.1 Å². The number of hydrogen-bond donors (Lipinski definition) is 1. The molecule has 1 aliphatic rings. The predicted octanol–water partition coefficient (Wildman–Crippen LogP) is 1.53. The minimum Gasteiger partial charge on any atom is -0.481 e. The molecule has 3 rings (SSSR count). The van der Waals surface area contributed by atoms with Crippen molar-refractivity contribution in [2.75, 3.05) is 12.1 Å². The summed E-state index contributed by atoms with van der Waals surface area (Å²) in [7, 11) is 1.56. The van der Waals surface area contributed by atoms with Gasteiger partial charge in [0.05, 0.1) is 24.7 Å². The zero-order valence-corrected chi connectivity index (χ0v) is 11.0. The van der Waals surface area contributed by atoms with Crippen LogP contribution in [0.4, 0.5) is 5.69 Å². The highest BCUT2D eigenvalue weighted by Crippen LogP contribution is 2.35. The van der Waals surface area contributed by atoms with Crippen molar-refractivity contribution in [1.82, 2.24) is 9.97 Å². The van der Waals surface area contributed by atoms with Crippen LogP contribution in [0, 0.1) is 0 Å². The third kappa shape index (κ3) is 2.00. The maximum absolute atomic E-state index is 10.9. The number of hydrogen-bond acceptors (Lipinski definition) is 6. The average molecular weight is 270 g/mol. The Labute approximate surface area is 116 Å². The van der Waals surface area contributed by atoms with E-state index in [4.69, 9.17) is 4.74 Å². The van der Waals surface area contributed by atoms with E-state index in [1.54, 1.807) is 43.9 Å². The average Bonchev–Trinajstić information content (AvgIpc) is 2.91. The van der Waals surface area contributed by atoms with Gasteiger partial charge in [0.2, 0.25) is 11.6 Å². The van der Waals surface area contributed by atoms with Gasteiger partial charge < -0.3 is 9.84 Å². The molecule has 0 amide bonds. The van der Waals surface area contributed by atoms with Crippen LogP contribution in [0.3, 0.4) is 0 Å². The molecule has 0 aliphatic carbocycles. The molecule has 2 aromatic heterocycles. The molecule has 1 atom stereocenters. The number of ether oxygens (including phenoxy) is 1. The first-order valence-electron chi connectivity index (χ1n) is 6.20. The Bertz CT molecular complexity index is 615. The van der Waals surface area contributed by atoms with E-state index < -0.39 is 5.72 Å². The van der Waals surface area contributed by atoms with E-state index in [2.05, 4.69) is 15.1 Å². The van der Waals surface area contributed by atoms with Gasteiger partial charge in [-0.3, -0.25) is 4.98 Å². The van der Waals surface area contributed by atoms with Gasteiger partial charge in [0.25, 0.3) is 0 Å². The quantitative estimate of drug-likeness (QED) is 0.915. The molecule has 6 heteroatoms. The van der Waals surface area contributed by atoms with E-state index in [0.717, 1.165) is 0 Å². The van der Waals surface area contributed by atoms with Gasteiger partial charge in [0.1, 0.15) is 0 Å². The SMILES string of the molecule is COc1ccc(N2N=CCC2(O)c2ccccn2)cn1. The summed E-state index contributed by atoms with van der Waals surface area (Å²) in [5.41, 5.74) is -0.0571. The summed E-state index contributed by atoms with van der Waals surface area (Å²) >= 11 is 0. The number of pyridine rings is 2. The van der Waals surface area contributed by atoms with Crippen LogP contribution in [0.25, 0.3) is 0 Å². The first kappa shape index (κ1) is 12.6. The van der Waals surface area contributed by atoms with Crippen LogP contribution in [0.1, 0.15) is 12.1 Å². The summed E-state index contributed by atoms with van der Waals surface area (Å²) in [4.78, 5) is 8.36. The van der Waals surface area contributed by atoms with E-state index >= 15 is 0 Å². The van der Waals surface area contributed by atoms with E-state index in [-0.39, 0.29) is 0 Å². The number of rotatable bonds is 3. The Kier molecular flexibility index (Phi) is 3.08. The molecule has 2 aromatic rings. The highest BCUT2D eigenvalue weighted by atomic mass is 16.5. The minimum atomic E-state index is -1.28. The second-order valence-electron chi connectivity index (χ2n) is 4.40. The molecule has 1 aliphatic heterocycles. The molecule has 0 radical (unpaired) electrons. The lowest BCUT2D eigenvalue weighted by Gasteiger charge is -2.31. The largest absolute Gasteiger partial charge is 0.481 e. The fourth-order valence-corrected chi connectivity index (χ4v) is 2.14. The normalized spacial score (nSPS) is 21.2. The third-order valence-electron chi connectivity index (χ3n) is 3.17. The molecular formula is C14H14N4O2. The monoisotopic (exact) mass is 270 g/mol. The predicted molar refractivity (Wildman–Crippen MR) is 74.5 cm³/mol. The van der Waals surface area contributed by atoms with Crippen molar-refractivity contribution in [2.24, 2.45) is 5.10 Å². The lowest BCUT2D eigenvalue weighted by atomic mass is 10.1. The first-order chi connectivity index (χ1) is 9.74. The zero-order chi connectivity index (χ0) is 14.0. The number of anilines is 1. The topological polar surface area (TPSA) is 70.8 Å². The van der Waals surface area contributed by atoms with E-state index in [0.29, 0.717) is 23.7 Å². The molecule has 0 spiro atoms. The van der Waals surface area contributed by atoms with Crippen LogP contribution >= 0.6 is 0 Å². The molecular weight excluding hydrogens is 256 g/mol. The lowest BCUT2D eigenvalue weighted by Crippen LogP contribution is -2.40. The molecule has 102 valence electrons. The second kappa shape index (κ2) is 4.90. The van der Waals surface area contributed by atoms with Crippen molar-refractivity contribution in [3.05, 3.63) is 48.4 Å². The second-order valence-corrected chi connectivity index (χ2v) is 4.40. The van der Waals surface area contributed by atoms with Gasteiger partial charge in [0, 0.05) is 24.9 Å². The fraction of sp³-hybridized carbons (Fsp3) is 0.214. The molecule has 0 bridgehead atoms. The zero-order valence-electron chi connectivity index (χ0n) is 11.0. The number of nitrogens with zero attached hydrogens (tertiary/aromatic N) is 4. The fourth-order valence-electron chi connectivity index (χ4n) is 2.14. The Balaban J connectivity index is 1.97. The van der Waals surface area contributed by atoms with Crippen molar-refractivity contribution >= 4 is 11.9 Å². The summed E-state index contributed by atoms with van der Waals surface area (Å²) in [5.74, 6) is 0.512. The van der Waals surface area contributed by atoms with Gasteiger partial charge in [-0.2, -0.15) is 5.10 Å². The van der Waals surface area contributed by atoms with Crippen LogP contribution in [0.5, 0.6) is 5.88 Å². The Hall–Kier alpha value is -2.47. The summed E-state index contributed by atoms with van der Waals surface area (Å²) in [6.07, 6.45) is 5.29. The van der Waals surface area contributed by atoms with Gasteiger partial charge in [-0.1, -0.05) is 6.07 Å². The summed E-state index contributed by atoms with van der Waals surface area (Å²) in [6.45, 7) is 0. The van der Waals surface area contributed by atoms with Crippen LogP contribution in [0.15, 0.2) is 47.8 Å². The molecule has 0 aromatic carbocycles. The molecule has 6 nitrogen and oxygen atoms in total. The van der Waals surface area contributed by atoms with Gasteiger partial charge in [-0.05, 0) is 18.2 Å². The van der Waals surface area contributed by atoms with Gasteiger partial charge >= 0.3 is 0 Å². The Morgan fingerprint density at radius 2 is 2.15 bits per heavy atom. The van der Waals surface area contributed by atoms with Crippen LogP contribution in [0.2, 0.25) is 0 Å². The molecule has 0 fully saturated rings. The molecule has 3 heterocycles. The molecule has 20 heavy (non-hydrogen) atoms. The van der Waals surface area contributed by atoms with E-state index in [1.807, 2.05) is 12.1 Å². The molecule has 1 N–H and O–H groups in total. The Morgan fingerprint density at radius 3 is 2.80 bits per heavy atom. The summed E-state index contributed by atoms with van der Waals surface area (Å²) in [6, 6.07) is 8.94. The Morgan fingerprint density at radius 1 is 1.25 bits per heavy atom. The van der Waals surface area contributed by atoms with Crippen LogP contribution in [-0.4, -0.2) is 28.4 Å². The maximum Gasteiger partial charge on any atom is 0.213 e. The van der Waals surface area contributed by atoms with Gasteiger partial charge in [-0.15, -0.1) is 0 Å². The van der Waals surface area contributed by atoms with Gasteiger partial charge in [0.15, 0.2) is 0 Å². The van der Waals surface area contributed by atoms with Crippen molar-refractivity contribution in [3.63, 3.8) is 0 Å². The van der Waals surface area contributed by atoms with Crippen LogP contribution < -0.4 is 9.75 Å². The standard InChI is InChI=1S/C14H14N4O2/c1-20-13-6-5-11(10-16-13)18-14(19,7-9-17-18)12-4-2-3-8-15-12/h2-6,8-10,19H,7H2,1H3. The number of methoxy groups -OCH3 is 1. The van der Waals surface area contributed by atoms with Crippen LogP contribution in [-0.2, 0) is 5.72 Å². The third-order valence-corrected chi connectivity index (χ3v) is 3.17. The first-order valence-corrected chi connectivity index (χ1v) is 6.20.